The van der Waals surface area contributed by atoms with E-state index in [1.165, 1.54) is 42.6 Å². The van der Waals surface area contributed by atoms with Crippen LogP contribution in [-0.2, 0) is 14.4 Å². The summed E-state index contributed by atoms with van der Waals surface area (Å²) in [5.41, 5.74) is 0.131. The highest BCUT2D eigenvalue weighted by Gasteiger charge is 2.49. The second kappa shape index (κ2) is 13.6. The Balaban J connectivity index is 0.00000461. The van der Waals surface area contributed by atoms with Crippen molar-refractivity contribution in [2.45, 2.75) is 69.8 Å². The van der Waals surface area contributed by atoms with Gasteiger partial charge in [-0.2, -0.15) is 5.26 Å². The van der Waals surface area contributed by atoms with Crippen molar-refractivity contribution in [2.75, 3.05) is 9.80 Å². The number of halogens is 5. The second-order valence-corrected chi connectivity index (χ2v) is 11.1. The molecule has 1 saturated carbocycles. The Morgan fingerprint density at radius 3 is 2.49 bits per heavy atom. The molecule has 3 amide bonds. The number of anilines is 2. The zero-order chi connectivity index (χ0) is 31.6. The fourth-order valence-corrected chi connectivity index (χ4v) is 5.80. The molecule has 5 rings (SSSR count). The summed E-state index contributed by atoms with van der Waals surface area (Å²) in [7, 11) is 0. The number of nitrogens with zero attached hydrogens (tertiary/aromatic N) is 4. The van der Waals surface area contributed by atoms with Crippen LogP contribution >= 0.6 is 11.6 Å². The summed E-state index contributed by atoms with van der Waals surface area (Å²) < 4.78 is 57.3. The van der Waals surface area contributed by atoms with Gasteiger partial charge >= 0.3 is 0 Å². The fraction of sp³-hybridized carbons (Fsp3) is 0.344. The molecule has 1 aliphatic carbocycles. The zero-order valence-corrected chi connectivity index (χ0v) is 23.9. The number of nitrogens with one attached hydrogen (secondary N) is 1. The molecule has 3 aromatic rings. The first kappa shape index (κ1) is 33.4. The molecule has 1 aromatic heterocycles. The van der Waals surface area contributed by atoms with Crippen LogP contribution in [-0.4, -0.2) is 46.9 Å². The van der Waals surface area contributed by atoms with Gasteiger partial charge in [-0.15, -0.1) is 0 Å². The normalized spacial score (nSPS) is 20.1. The summed E-state index contributed by atoms with van der Waals surface area (Å²) in [5.74, 6) is -6.59. The highest BCUT2D eigenvalue weighted by Crippen LogP contribution is 2.38. The molecule has 2 fully saturated rings. The van der Waals surface area contributed by atoms with Gasteiger partial charge in [0, 0.05) is 47.8 Å². The van der Waals surface area contributed by atoms with Crippen LogP contribution in [0.4, 0.5) is 29.1 Å². The first-order chi connectivity index (χ1) is 21.0. The van der Waals surface area contributed by atoms with Crippen molar-refractivity contribution in [3.8, 4) is 6.07 Å². The number of pyridine rings is 1. The summed E-state index contributed by atoms with van der Waals surface area (Å²) in [6.45, 7) is 0. The predicted octanol–water partition coefficient (Wildman–Crippen LogP) is 6.29. The molecule has 45 heavy (non-hydrogen) atoms. The molecule has 2 heterocycles. The first-order valence-electron chi connectivity index (χ1n) is 13.8. The average Bonchev–Trinajstić information content (AvgIpc) is 3.30. The fourth-order valence-electron chi connectivity index (χ4n) is 5.56. The Morgan fingerprint density at radius 2 is 1.82 bits per heavy atom. The summed E-state index contributed by atoms with van der Waals surface area (Å²) >= 11 is 6.52. The molecule has 0 bridgehead atoms. The molecule has 0 spiro atoms. The molecule has 1 N–H and O–H groups in total. The van der Waals surface area contributed by atoms with Crippen LogP contribution in [0.15, 0.2) is 66.9 Å². The van der Waals surface area contributed by atoms with E-state index in [9.17, 15) is 32.8 Å². The van der Waals surface area contributed by atoms with E-state index in [0.717, 1.165) is 21.9 Å². The highest BCUT2D eigenvalue weighted by molar-refractivity contribution is 6.31. The molecule has 2 aliphatic rings. The summed E-state index contributed by atoms with van der Waals surface area (Å²) in [6, 6.07) is 11.6. The summed E-state index contributed by atoms with van der Waals surface area (Å²) in [4.78, 5) is 47.4. The van der Waals surface area contributed by atoms with Crippen LogP contribution in [0.5, 0.6) is 0 Å². The van der Waals surface area contributed by atoms with Gasteiger partial charge in [0.25, 0.3) is 11.8 Å². The van der Waals surface area contributed by atoms with E-state index in [-0.39, 0.29) is 47.9 Å². The Hall–Kier alpha value is -4.50. The third-order valence-electron chi connectivity index (χ3n) is 7.75. The van der Waals surface area contributed by atoms with Crippen molar-refractivity contribution in [2.24, 2.45) is 0 Å². The lowest BCUT2D eigenvalue weighted by molar-refractivity contribution is -0.128. The number of carbonyl (C=O) groups excluding carboxylic acids is 3. The van der Waals surface area contributed by atoms with Gasteiger partial charge < -0.3 is 5.32 Å². The average molecular weight is 644 g/mol. The largest absolute Gasteiger partial charge is 0.351 e. The maximum Gasteiger partial charge on any atom is 0.263 e. The van der Waals surface area contributed by atoms with Gasteiger partial charge in [-0.1, -0.05) is 43.3 Å². The summed E-state index contributed by atoms with van der Waals surface area (Å²) in [6.07, 6.45) is -2.40. The Morgan fingerprint density at radius 1 is 1.11 bits per heavy atom. The van der Waals surface area contributed by atoms with Crippen LogP contribution in [0.2, 0.25) is 5.02 Å². The molecule has 13 heteroatoms. The van der Waals surface area contributed by atoms with Gasteiger partial charge in [-0.3, -0.25) is 24.2 Å². The van der Waals surface area contributed by atoms with Crippen molar-refractivity contribution in [1.29, 1.82) is 5.26 Å². The van der Waals surface area contributed by atoms with E-state index in [4.69, 9.17) is 11.6 Å². The number of benzene rings is 2. The third kappa shape index (κ3) is 7.09. The zero-order valence-electron chi connectivity index (χ0n) is 23.1. The van der Waals surface area contributed by atoms with Crippen LogP contribution in [0.1, 0.15) is 56.7 Å². The van der Waals surface area contributed by atoms with E-state index in [1.807, 2.05) is 6.07 Å². The molecular formula is C32H30ClF4N5O3. The molecule has 0 unspecified atom stereocenters. The SMILES string of the molecule is C.N#Cc1ccnc(N2C(=O)[C@H](F)C[C@H]2C(=O)N(c2cccc(F)c2)[C@H](C(=O)NC2CCC(F)(F)CC2)c2ccccc2Cl)c1. The van der Waals surface area contributed by atoms with Gasteiger partial charge in [0.05, 0.1) is 11.6 Å². The quantitative estimate of drug-likeness (QED) is 0.305. The van der Waals surface area contributed by atoms with Crippen molar-refractivity contribution < 1.29 is 31.9 Å². The van der Waals surface area contributed by atoms with E-state index in [1.54, 1.807) is 12.1 Å². The number of amides is 3. The lowest BCUT2D eigenvalue weighted by atomic mass is 9.91. The van der Waals surface area contributed by atoms with E-state index >= 15 is 4.39 Å². The van der Waals surface area contributed by atoms with Crippen molar-refractivity contribution >= 4 is 40.8 Å². The molecular weight excluding hydrogens is 614 g/mol. The van der Waals surface area contributed by atoms with E-state index in [0.29, 0.717) is 0 Å². The number of rotatable bonds is 7. The number of alkyl halides is 3. The maximum atomic E-state index is 15.0. The summed E-state index contributed by atoms with van der Waals surface area (Å²) in [5, 5.41) is 12.2. The Bertz CT molecular complexity index is 1620. The molecule has 8 nitrogen and oxygen atoms in total. The smallest absolute Gasteiger partial charge is 0.263 e. The van der Waals surface area contributed by atoms with Gasteiger partial charge in [0.2, 0.25) is 11.8 Å². The highest BCUT2D eigenvalue weighted by atomic mass is 35.5. The molecule has 0 radical (unpaired) electrons. The lowest BCUT2D eigenvalue weighted by Crippen LogP contribution is -2.53. The number of hydrogen-bond acceptors (Lipinski definition) is 5. The van der Waals surface area contributed by atoms with Gasteiger partial charge in [0.15, 0.2) is 6.17 Å². The predicted molar refractivity (Wildman–Crippen MR) is 160 cm³/mol. The van der Waals surface area contributed by atoms with Crippen LogP contribution in [0.25, 0.3) is 0 Å². The van der Waals surface area contributed by atoms with Crippen LogP contribution in [0.3, 0.4) is 0 Å². The number of aromatic nitrogens is 1. The first-order valence-corrected chi connectivity index (χ1v) is 14.2. The van der Waals surface area contributed by atoms with Gasteiger partial charge in [-0.25, -0.2) is 22.5 Å². The minimum absolute atomic E-state index is 0. The lowest BCUT2D eigenvalue weighted by Gasteiger charge is -2.37. The molecule has 1 saturated heterocycles. The topological polar surface area (TPSA) is 106 Å². The molecule has 2 aromatic carbocycles. The number of hydrogen-bond donors (Lipinski definition) is 1. The minimum Gasteiger partial charge on any atom is -0.351 e. The van der Waals surface area contributed by atoms with Crippen LogP contribution in [0, 0.1) is 17.1 Å². The molecule has 1 aliphatic heterocycles. The second-order valence-electron chi connectivity index (χ2n) is 10.7. The van der Waals surface area contributed by atoms with Gasteiger partial charge in [-0.05, 0) is 49.2 Å². The Kier molecular flexibility index (Phi) is 10.1. The van der Waals surface area contributed by atoms with Crippen LogP contribution < -0.4 is 15.1 Å². The van der Waals surface area contributed by atoms with E-state index < -0.39 is 73.0 Å². The number of carbonyl (C=O) groups is 3. The number of nitriles is 1. The molecule has 236 valence electrons. The standard InChI is InChI=1S/C31H26ClF4N5O3.CH4/c32-23-7-2-1-6-22(23)27(28(42)39-20-8-11-31(35,36)12-9-20)40(21-5-3-4-19(33)15-21)30(44)25-16-24(34)29(43)41(25)26-14-18(17-37)10-13-38-26;/h1-7,10,13-15,20,24-25,27H,8-9,11-12,16H2,(H,39,42);1H4/t24-,25+,27+;/m1./s1. The maximum absolute atomic E-state index is 15.0. The van der Waals surface area contributed by atoms with Gasteiger partial charge in [0.1, 0.15) is 23.7 Å². The Labute approximate surface area is 262 Å². The molecule has 3 atom stereocenters. The van der Waals surface area contributed by atoms with Crippen molar-refractivity contribution in [3.63, 3.8) is 0 Å². The monoisotopic (exact) mass is 643 g/mol. The van der Waals surface area contributed by atoms with Crippen molar-refractivity contribution in [3.05, 3.63) is 88.8 Å². The van der Waals surface area contributed by atoms with Crippen molar-refractivity contribution in [1.82, 2.24) is 10.3 Å². The van der Waals surface area contributed by atoms with E-state index in [2.05, 4.69) is 10.3 Å². The third-order valence-corrected chi connectivity index (χ3v) is 8.09. The minimum atomic E-state index is -2.86.